The minimum Gasteiger partial charge on any atom is -0.453 e. The van der Waals surface area contributed by atoms with E-state index in [-0.39, 0.29) is 29.8 Å². The van der Waals surface area contributed by atoms with Gasteiger partial charge >= 0.3 is 6.09 Å². The number of nitrogens with one attached hydrogen (secondary N) is 2. The van der Waals surface area contributed by atoms with Crippen LogP contribution in [0.1, 0.15) is 132 Å². The number of rotatable bonds is 10. The number of nitrogen functional groups attached to an aromatic ring is 1. The fourth-order valence-corrected chi connectivity index (χ4v) is 9.97. The number of likely N-dealkylation sites (tertiary alicyclic amines) is 2. The lowest BCUT2D eigenvalue weighted by Gasteiger charge is -2.41. The maximum Gasteiger partial charge on any atom is 0.407 e. The number of ether oxygens (including phenoxy) is 1. The summed E-state index contributed by atoms with van der Waals surface area (Å²) < 4.78 is 6.40. The van der Waals surface area contributed by atoms with Crippen LogP contribution in [0.3, 0.4) is 0 Å². The summed E-state index contributed by atoms with van der Waals surface area (Å²) in [4.78, 5) is 56.0. The summed E-state index contributed by atoms with van der Waals surface area (Å²) in [6.07, 6.45) is 12.1. The Morgan fingerprint density at radius 1 is 0.821 bits per heavy atom. The van der Waals surface area contributed by atoms with Gasteiger partial charge in [-0.2, -0.15) is 0 Å². The van der Waals surface area contributed by atoms with E-state index < -0.39 is 12.1 Å². The molecule has 0 unspecified atom stereocenters. The van der Waals surface area contributed by atoms with Gasteiger partial charge in [-0.3, -0.25) is 9.59 Å². The topological polar surface area (TPSA) is 151 Å². The zero-order chi connectivity index (χ0) is 39.2. The number of nitrogens with zero attached hydrogens (tertiary/aromatic N) is 5. The van der Waals surface area contributed by atoms with Crippen LogP contribution in [0.4, 0.5) is 4.79 Å². The molecule has 296 valence electrons. The first-order valence-corrected chi connectivity index (χ1v) is 20.6. The van der Waals surface area contributed by atoms with Crippen LogP contribution in [0, 0.1) is 11.8 Å². The molecule has 9 rings (SSSR count). The van der Waals surface area contributed by atoms with Crippen molar-refractivity contribution in [1.29, 1.82) is 0 Å². The first kappa shape index (κ1) is 37.8. The van der Waals surface area contributed by atoms with E-state index in [1.165, 1.54) is 60.6 Å². The standard InChI is InChI=1S/C44H56N8O4/c1-25(2)22-37(53)50-20-6-8-34(50)41-46-23-33(48-41)32-19-18-31(38-29-14-16-30(17-15-29)39(32)38)27-10-12-28(13-11-27)36-24-47-42(52(36)45)35-9-7-21-51(35)43(54)40(26(3)4)49-44(55)56-5/h10-13,18-19,23-26,29-30,34-35,40H,6-9,14-17,20-22,45H2,1-5H3,(H,46,48)(H,49,55)/t29?,30?,34-,35-,40-/m0/s1. The minimum absolute atomic E-state index is 0.00753. The first-order chi connectivity index (χ1) is 27.0. The van der Waals surface area contributed by atoms with E-state index in [4.69, 9.17) is 20.5 Å². The van der Waals surface area contributed by atoms with Crippen LogP contribution in [0.25, 0.3) is 33.6 Å². The van der Waals surface area contributed by atoms with Gasteiger partial charge in [0.1, 0.15) is 17.7 Å². The van der Waals surface area contributed by atoms with Gasteiger partial charge in [-0.1, -0.05) is 64.1 Å². The molecule has 4 heterocycles. The molecule has 1 saturated carbocycles. The van der Waals surface area contributed by atoms with Crippen molar-refractivity contribution in [3.8, 4) is 33.6 Å². The molecule has 3 fully saturated rings. The van der Waals surface area contributed by atoms with Crippen LogP contribution in [0.5, 0.6) is 0 Å². The van der Waals surface area contributed by atoms with Gasteiger partial charge in [-0.05, 0) is 97.3 Å². The highest BCUT2D eigenvalue weighted by molar-refractivity contribution is 5.86. The van der Waals surface area contributed by atoms with Crippen LogP contribution >= 0.6 is 0 Å². The van der Waals surface area contributed by atoms with Gasteiger partial charge in [-0.25, -0.2) is 19.4 Å². The second-order valence-corrected chi connectivity index (χ2v) is 17.1. The fourth-order valence-electron chi connectivity index (χ4n) is 9.97. The van der Waals surface area contributed by atoms with Crippen molar-refractivity contribution in [1.82, 2.24) is 34.7 Å². The fraction of sp³-hybridized carbons (Fsp3) is 0.523. The Labute approximate surface area is 329 Å². The molecule has 4 aromatic rings. The van der Waals surface area contributed by atoms with Crippen molar-refractivity contribution in [2.75, 3.05) is 26.0 Å². The molecular weight excluding hydrogens is 705 g/mol. The number of methoxy groups -OCH3 is 1. The SMILES string of the molecule is COC(=O)N[C@H](C(=O)N1CCC[C@H]1c1ncc(-c2ccc(-c3ccc(-c4cnc([C@@H]5CCCN5C(=O)CC(C)C)[nH]4)c4c3C3CCC4CC3)cc2)n1N)C(C)C. The molecule has 5 aliphatic rings. The molecule has 0 spiro atoms. The number of amides is 3. The maximum atomic E-state index is 13.7. The van der Waals surface area contributed by atoms with Gasteiger partial charge < -0.3 is 30.7 Å². The molecule has 56 heavy (non-hydrogen) atoms. The lowest BCUT2D eigenvalue weighted by molar-refractivity contribution is -0.135. The predicted molar refractivity (Wildman–Crippen MR) is 216 cm³/mol. The Balaban J connectivity index is 1.05. The molecular formula is C44H56N8O4. The van der Waals surface area contributed by atoms with E-state index in [1.807, 2.05) is 24.9 Å². The number of hydrogen-bond donors (Lipinski definition) is 3. The number of hydrogen-bond acceptors (Lipinski definition) is 7. The third-order valence-corrected chi connectivity index (χ3v) is 12.7. The Morgan fingerprint density at radius 3 is 2.11 bits per heavy atom. The molecule has 12 nitrogen and oxygen atoms in total. The van der Waals surface area contributed by atoms with Crippen LogP contribution in [-0.4, -0.2) is 73.6 Å². The first-order valence-electron chi connectivity index (χ1n) is 20.6. The Morgan fingerprint density at radius 2 is 1.45 bits per heavy atom. The molecule has 12 heteroatoms. The van der Waals surface area contributed by atoms with Crippen LogP contribution < -0.4 is 11.2 Å². The molecule has 2 aromatic carbocycles. The zero-order valence-electron chi connectivity index (χ0n) is 33.4. The highest BCUT2D eigenvalue weighted by Gasteiger charge is 2.40. The third kappa shape index (κ3) is 6.85. The van der Waals surface area contributed by atoms with Gasteiger partial charge in [0.2, 0.25) is 11.8 Å². The Hall–Kier alpha value is -5.13. The van der Waals surface area contributed by atoms with Crippen molar-refractivity contribution in [3.63, 3.8) is 0 Å². The Bertz CT molecular complexity index is 2090. The molecule has 2 aliphatic heterocycles. The number of nitrogens with two attached hydrogens (primary N) is 1. The van der Waals surface area contributed by atoms with Gasteiger partial charge in [0.05, 0.1) is 43.0 Å². The van der Waals surface area contributed by atoms with E-state index in [9.17, 15) is 14.4 Å². The monoisotopic (exact) mass is 760 g/mol. The molecule has 3 atom stereocenters. The van der Waals surface area contributed by atoms with Crippen molar-refractivity contribution in [3.05, 3.63) is 71.6 Å². The number of imidazole rings is 2. The number of H-pyrrole nitrogens is 1. The number of alkyl carbamates (subject to hydrolysis) is 1. The van der Waals surface area contributed by atoms with E-state index in [0.29, 0.717) is 36.5 Å². The average Bonchev–Trinajstić information content (AvgIpc) is 4.03. The van der Waals surface area contributed by atoms with Crippen molar-refractivity contribution >= 4 is 17.9 Å². The third-order valence-electron chi connectivity index (χ3n) is 12.7. The Kier molecular flexibility index (Phi) is 10.4. The molecule has 3 amide bonds. The van der Waals surface area contributed by atoms with Crippen molar-refractivity contribution in [2.45, 2.75) is 115 Å². The molecule has 2 bridgehead atoms. The summed E-state index contributed by atoms with van der Waals surface area (Å²) in [6, 6.07) is 12.2. The van der Waals surface area contributed by atoms with Gasteiger partial charge in [0.15, 0.2) is 0 Å². The lowest BCUT2D eigenvalue weighted by Crippen LogP contribution is -2.51. The molecule has 0 radical (unpaired) electrons. The maximum absolute atomic E-state index is 13.7. The quantitative estimate of drug-likeness (QED) is 0.139. The van der Waals surface area contributed by atoms with Gasteiger partial charge in [0, 0.05) is 30.6 Å². The lowest BCUT2D eigenvalue weighted by atomic mass is 9.64. The summed E-state index contributed by atoms with van der Waals surface area (Å²) in [5, 5.41) is 2.71. The summed E-state index contributed by atoms with van der Waals surface area (Å²) in [5.41, 5.74) is 9.41. The predicted octanol–water partition coefficient (Wildman–Crippen LogP) is 7.83. The summed E-state index contributed by atoms with van der Waals surface area (Å²) in [6.45, 7) is 9.37. The summed E-state index contributed by atoms with van der Waals surface area (Å²) >= 11 is 0. The largest absolute Gasteiger partial charge is 0.453 e. The molecule has 3 aliphatic carbocycles. The zero-order valence-corrected chi connectivity index (χ0v) is 33.4. The van der Waals surface area contributed by atoms with Gasteiger partial charge in [0.25, 0.3) is 0 Å². The molecule has 4 N–H and O–H groups in total. The summed E-state index contributed by atoms with van der Waals surface area (Å²) in [5.74, 6) is 9.59. The van der Waals surface area contributed by atoms with Crippen LogP contribution in [0.15, 0.2) is 48.8 Å². The minimum atomic E-state index is -0.711. The number of carbonyl (C=O) groups excluding carboxylic acids is 3. The number of aromatic amines is 1. The second-order valence-electron chi connectivity index (χ2n) is 17.1. The molecule has 2 aromatic heterocycles. The highest BCUT2D eigenvalue weighted by Crippen LogP contribution is 2.55. The molecule has 2 saturated heterocycles. The van der Waals surface area contributed by atoms with Crippen molar-refractivity contribution in [2.24, 2.45) is 11.8 Å². The van der Waals surface area contributed by atoms with Crippen LogP contribution in [-0.2, 0) is 14.3 Å². The highest BCUT2D eigenvalue weighted by atomic mass is 16.5. The second kappa shape index (κ2) is 15.4. The smallest absolute Gasteiger partial charge is 0.407 e. The van der Waals surface area contributed by atoms with E-state index in [1.54, 1.807) is 15.8 Å². The summed E-state index contributed by atoms with van der Waals surface area (Å²) in [7, 11) is 1.30. The van der Waals surface area contributed by atoms with Crippen molar-refractivity contribution < 1.29 is 19.1 Å². The van der Waals surface area contributed by atoms with E-state index >= 15 is 0 Å². The number of carbonyl (C=O) groups is 3. The number of benzene rings is 2. The normalized spacial score (nSPS) is 22.2. The number of fused-ring (bicyclic) bond motifs is 2. The van der Waals surface area contributed by atoms with Crippen LogP contribution in [0.2, 0.25) is 0 Å². The number of aromatic nitrogens is 4. The van der Waals surface area contributed by atoms with Gasteiger partial charge in [-0.15, -0.1) is 0 Å². The van der Waals surface area contributed by atoms with E-state index in [0.717, 1.165) is 55.0 Å². The van der Waals surface area contributed by atoms with E-state index in [2.05, 4.69) is 60.5 Å². The average molecular weight is 761 g/mol.